The number of methoxy groups -OCH3 is 1. The fourth-order valence-corrected chi connectivity index (χ4v) is 2.79. The smallest absolute Gasteiger partial charge is 0.325 e. The van der Waals surface area contributed by atoms with Gasteiger partial charge in [0.05, 0.1) is 7.11 Å². The predicted octanol–water partition coefficient (Wildman–Crippen LogP) is 4.06. The number of halogens is 1. The molecule has 0 atom stereocenters. The summed E-state index contributed by atoms with van der Waals surface area (Å²) in [5.41, 5.74) is 1.36. The summed E-state index contributed by atoms with van der Waals surface area (Å²) in [6.07, 6.45) is 4.08. The molecule has 23 heavy (non-hydrogen) atoms. The van der Waals surface area contributed by atoms with Gasteiger partial charge in [-0.2, -0.15) is 11.8 Å². The first-order valence-electron chi connectivity index (χ1n) is 6.62. The van der Waals surface area contributed by atoms with Crippen LogP contribution >= 0.6 is 39.0 Å². The van der Waals surface area contributed by atoms with Crippen LogP contribution in [0.25, 0.3) is 10.4 Å². The SMILES string of the molecule is COC(=O)CNC(=O)c1ccc(Br)cc1-c1cccs1.CSC. The van der Waals surface area contributed by atoms with E-state index in [0.717, 1.165) is 14.9 Å². The van der Waals surface area contributed by atoms with Crippen molar-refractivity contribution < 1.29 is 14.3 Å². The van der Waals surface area contributed by atoms with E-state index in [1.165, 1.54) is 7.11 Å². The lowest BCUT2D eigenvalue weighted by Gasteiger charge is -2.09. The highest BCUT2D eigenvalue weighted by atomic mass is 79.9. The highest BCUT2D eigenvalue weighted by Gasteiger charge is 2.15. The maximum atomic E-state index is 12.2. The van der Waals surface area contributed by atoms with E-state index in [9.17, 15) is 9.59 Å². The molecule has 2 rings (SSSR count). The van der Waals surface area contributed by atoms with E-state index in [-0.39, 0.29) is 12.5 Å². The maximum absolute atomic E-state index is 12.2. The maximum Gasteiger partial charge on any atom is 0.325 e. The van der Waals surface area contributed by atoms with Crippen LogP contribution < -0.4 is 5.32 Å². The number of carbonyl (C=O) groups excluding carboxylic acids is 2. The highest BCUT2D eigenvalue weighted by Crippen LogP contribution is 2.30. The largest absolute Gasteiger partial charge is 0.468 e. The minimum atomic E-state index is -0.479. The third kappa shape index (κ3) is 6.37. The highest BCUT2D eigenvalue weighted by molar-refractivity contribution is 9.10. The molecule has 124 valence electrons. The Balaban J connectivity index is 0.000000816. The van der Waals surface area contributed by atoms with Crippen LogP contribution in [-0.4, -0.2) is 38.0 Å². The molecule has 0 bridgehead atoms. The molecule has 4 nitrogen and oxygen atoms in total. The van der Waals surface area contributed by atoms with E-state index in [4.69, 9.17) is 0 Å². The van der Waals surface area contributed by atoms with Gasteiger partial charge in [0.15, 0.2) is 0 Å². The van der Waals surface area contributed by atoms with Crippen LogP contribution in [0.1, 0.15) is 10.4 Å². The summed E-state index contributed by atoms with van der Waals surface area (Å²) in [4.78, 5) is 24.2. The topological polar surface area (TPSA) is 55.4 Å². The number of thioether (sulfide) groups is 1. The van der Waals surface area contributed by atoms with Crippen molar-refractivity contribution in [2.24, 2.45) is 0 Å². The summed E-state index contributed by atoms with van der Waals surface area (Å²) in [7, 11) is 1.28. The van der Waals surface area contributed by atoms with E-state index in [1.54, 1.807) is 35.2 Å². The summed E-state index contributed by atoms with van der Waals surface area (Å²) in [5, 5.41) is 4.50. The third-order valence-corrected chi connectivity index (χ3v) is 4.03. The molecule has 0 unspecified atom stereocenters. The fourth-order valence-electron chi connectivity index (χ4n) is 1.67. The summed E-state index contributed by atoms with van der Waals surface area (Å²) < 4.78 is 5.39. The summed E-state index contributed by atoms with van der Waals surface area (Å²) >= 11 is 6.71. The summed E-state index contributed by atoms with van der Waals surface area (Å²) in [6.45, 7) is -0.144. The molecule has 1 N–H and O–H groups in total. The summed E-state index contributed by atoms with van der Waals surface area (Å²) in [5.74, 6) is -0.778. The van der Waals surface area contributed by atoms with Crippen molar-refractivity contribution >= 4 is 50.9 Å². The van der Waals surface area contributed by atoms with Crippen LogP contribution in [0, 0.1) is 0 Å². The lowest BCUT2D eigenvalue weighted by atomic mass is 10.1. The molecule has 7 heteroatoms. The second-order valence-electron chi connectivity index (χ2n) is 4.33. The van der Waals surface area contributed by atoms with Crippen LogP contribution in [0.5, 0.6) is 0 Å². The summed E-state index contributed by atoms with van der Waals surface area (Å²) in [6, 6.07) is 9.29. The van der Waals surface area contributed by atoms with E-state index in [1.807, 2.05) is 36.1 Å². The number of hydrogen-bond acceptors (Lipinski definition) is 5. The number of esters is 1. The van der Waals surface area contributed by atoms with Crippen molar-refractivity contribution in [3.05, 3.63) is 45.7 Å². The zero-order valence-corrected chi connectivity index (χ0v) is 16.3. The van der Waals surface area contributed by atoms with E-state index in [0.29, 0.717) is 5.56 Å². The fraction of sp³-hybridized carbons (Fsp3) is 0.250. The molecule has 1 heterocycles. The van der Waals surface area contributed by atoms with Crippen molar-refractivity contribution in [2.45, 2.75) is 0 Å². The van der Waals surface area contributed by atoms with Gasteiger partial charge in [-0.05, 0) is 42.2 Å². The van der Waals surface area contributed by atoms with Crippen LogP contribution in [-0.2, 0) is 9.53 Å². The van der Waals surface area contributed by atoms with Gasteiger partial charge in [-0.25, -0.2) is 0 Å². The molecule has 0 radical (unpaired) electrons. The number of nitrogens with one attached hydrogen (secondary N) is 1. The Morgan fingerprint density at radius 1 is 1.30 bits per heavy atom. The minimum Gasteiger partial charge on any atom is -0.468 e. The molecule has 1 aromatic carbocycles. The Hall–Kier alpha value is -1.31. The second kappa shape index (κ2) is 10.5. The number of ether oxygens (including phenoxy) is 1. The lowest BCUT2D eigenvalue weighted by Crippen LogP contribution is -2.30. The first-order chi connectivity index (χ1) is 11.0. The number of rotatable bonds is 4. The quantitative estimate of drug-likeness (QED) is 0.764. The Morgan fingerprint density at radius 3 is 2.57 bits per heavy atom. The number of thiophene rings is 1. The van der Waals surface area contributed by atoms with Crippen LogP contribution in [0.3, 0.4) is 0 Å². The van der Waals surface area contributed by atoms with Gasteiger partial charge >= 0.3 is 5.97 Å². The first-order valence-corrected chi connectivity index (χ1v) is 9.92. The molecule has 1 aromatic heterocycles. The van der Waals surface area contributed by atoms with Crippen molar-refractivity contribution in [1.29, 1.82) is 0 Å². The van der Waals surface area contributed by atoms with Crippen LogP contribution in [0.4, 0.5) is 0 Å². The molecule has 0 spiro atoms. The normalized spacial score (nSPS) is 9.57. The monoisotopic (exact) mass is 415 g/mol. The van der Waals surface area contributed by atoms with Gasteiger partial charge in [-0.3, -0.25) is 9.59 Å². The molecule has 0 aliphatic rings. The number of hydrogen-bond donors (Lipinski definition) is 1. The van der Waals surface area contributed by atoms with Crippen molar-refractivity contribution in [1.82, 2.24) is 5.32 Å². The van der Waals surface area contributed by atoms with Crippen LogP contribution in [0.2, 0.25) is 0 Å². The van der Waals surface area contributed by atoms with Gasteiger partial charge in [-0.15, -0.1) is 11.3 Å². The zero-order valence-electron chi connectivity index (χ0n) is 13.1. The van der Waals surface area contributed by atoms with E-state index in [2.05, 4.69) is 26.0 Å². The molecule has 1 amide bonds. The van der Waals surface area contributed by atoms with E-state index < -0.39 is 5.97 Å². The van der Waals surface area contributed by atoms with Gasteiger partial charge in [0, 0.05) is 20.5 Å². The Morgan fingerprint density at radius 2 is 2.00 bits per heavy atom. The average Bonchev–Trinajstić information content (AvgIpc) is 3.07. The minimum absolute atomic E-state index is 0.144. The predicted molar refractivity (Wildman–Crippen MR) is 101 cm³/mol. The van der Waals surface area contributed by atoms with Gasteiger partial charge in [0.25, 0.3) is 5.91 Å². The number of amides is 1. The van der Waals surface area contributed by atoms with Gasteiger partial charge in [-0.1, -0.05) is 22.0 Å². The number of benzene rings is 1. The molecular weight excluding hydrogens is 398 g/mol. The van der Waals surface area contributed by atoms with Crippen LogP contribution in [0.15, 0.2) is 40.2 Å². The van der Waals surface area contributed by atoms with Gasteiger partial charge in [0.2, 0.25) is 0 Å². The standard InChI is InChI=1S/C14H12BrNO3S.C2H6S/c1-19-13(17)8-16-14(18)10-5-4-9(15)7-11(10)12-3-2-6-20-12;1-3-2/h2-7H,8H2,1H3,(H,16,18);1-2H3. The van der Waals surface area contributed by atoms with Gasteiger partial charge < -0.3 is 10.1 Å². The zero-order chi connectivity index (χ0) is 17.2. The Labute approximate surface area is 152 Å². The second-order valence-corrected chi connectivity index (χ2v) is 7.01. The molecular formula is C16H18BrNO3S2. The molecule has 2 aromatic rings. The lowest BCUT2D eigenvalue weighted by molar-refractivity contribution is -0.139. The first kappa shape index (κ1) is 19.7. The third-order valence-electron chi connectivity index (χ3n) is 2.63. The molecule has 0 aliphatic carbocycles. The molecule has 0 aliphatic heterocycles. The van der Waals surface area contributed by atoms with Crippen molar-refractivity contribution in [2.75, 3.05) is 26.2 Å². The molecule has 0 fully saturated rings. The number of carbonyl (C=O) groups is 2. The Bertz CT molecular complexity index is 645. The molecule has 0 saturated carbocycles. The van der Waals surface area contributed by atoms with Gasteiger partial charge in [0.1, 0.15) is 6.54 Å². The van der Waals surface area contributed by atoms with E-state index >= 15 is 0 Å². The molecule has 0 saturated heterocycles. The Kier molecular flexibility index (Phi) is 8.98. The average molecular weight is 416 g/mol. The van der Waals surface area contributed by atoms with Crippen molar-refractivity contribution in [3.8, 4) is 10.4 Å². The van der Waals surface area contributed by atoms with Crippen molar-refractivity contribution in [3.63, 3.8) is 0 Å².